The molecule has 0 aliphatic carbocycles. The van der Waals surface area contributed by atoms with Gasteiger partial charge in [0.15, 0.2) is 11.6 Å². The van der Waals surface area contributed by atoms with E-state index in [2.05, 4.69) is 15.3 Å². The fourth-order valence-corrected chi connectivity index (χ4v) is 1.69. The molecule has 1 aromatic heterocycles. The fraction of sp³-hybridized carbons (Fsp3) is 0.231. The van der Waals surface area contributed by atoms with Crippen molar-refractivity contribution in [1.29, 1.82) is 0 Å². The molecule has 0 fully saturated rings. The van der Waals surface area contributed by atoms with Gasteiger partial charge in [0.05, 0.1) is 4.92 Å². The first kappa shape index (κ1) is 13.9. The summed E-state index contributed by atoms with van der Waals surface area (Å²) >= 11 is 0. The molecule has 1 heterocycles. The van der Waals surface area contributed by atoms with Crippen LogP contribution in [0.2, 0.25) is 0 Å². The van der Waals surface area contributed by atoms with Crippen LogP contribution in [0.3, 0.4) is 0 Å². The third-order valence-corrected chi connectivity index (χ3v) is 2.58. The van der Waals surface area contributed by atoms with Gasteiger partial charge < -0.3 is 10.1 Å². The minimum absolute atomic E-state index is 0.0614. The molecule has 0 spiro atoms. The zero-order chi connectivity index (χ0) is 14.4. The fourth-order valence-electron chi connectivity index (χ4n) is 1.69. The summed E-state index contributed by atoms with van der Waals surface area (Å²) in [4.78, 5) is 18.6. The minimum atomic E-state index is -0.458. The summed E-state index contributed by atoms with van der Waals surface area (Å²) in [7, 11) is 1.78. The third kappa shape index (κ3) is 3.48. The topological polar surface area (TPSA) is 90.2 Å². The lowest BCUT2D eigenvalue weighted by atomic mass is 10.2. The second-order valence-corrected chi connectivity index (χ2v) is 4.04. The van der Waals surface area contributed by atoms with E-state index in [1.165, 1.54) is 6.07 Å². The standard InChI is InChI=1S/C13H14N4O3/c1-14-8-10-3-4-12(11(7-10)17(18)19)20-9-13-15-5-2-6-16-13/h2-7,14H,8-9H2,1H3. The first-order chi connectivity index (χ1) is 9.70. The Balaban J connectivity index is 2.16. The zero-order valence-electron chi connectivity index (χ0n) is 10.9. The number of hydrogen-bond acceptors (Lipinski definition) is 6. The van der Waals surface area contributed by atoms with Crippen molar-refractivity contribution in [3.8, 4) is 5.75 Å². The van der Waals surface area contributed by atoms with Gasteiger partial charge in [-0.3, -0.25) is 10.1 Å². The number of benzene rings is 1. The number of nitrogens with one attached hydrogen (secondary N) is 1. The Labute approximate surface area is 115 Å². The van der Waals surface area contributed by atoms with Gasteiger partial charge in [0.1, 0.15) is 6.61 Å². The summed E-state index contributed by atoms with van der Waals surface area (Å²) in [6.07, 6.45) is 3.19. The van der Waals surface area contributed by atoms with Gasteiger partial charge in [-0.15, -0.1) is 0 Å². The minimum Gasteiger partial charge on any atom is -0.479 e. The highest BCUT2D eigenvalue weighted by Crippen LogP contribution is 2.28. The van der Waals surface area contributed by atoms with Gasteiger partial charge in [0.2, 0.25) is 0 Å². The summed E-state index contributed by atoms with van der Waals surface area (Å²) in [5.74, 6) is 0.684. The summed E-state index contributed by atoms with van der Waals surface area (Å²) in [6.45, 7) is 0.649. The van der Waals surface area contributed by atoms with Crippen molar-refractivity contribution in [2.45, 2.75) is 13.2 Å². The number of nitrogens with zero attached hydrogens (tertiary/aromatic N) is 3. The third-order valence-electron chi connectivity index (χ3n) is 2.58. The van der Waals surface area contributed by atoms with Crippen LogP contribution < -0.4 is 10.1 Å². The maximum absolute atomic E-state index is 11.1. The van der Waals surface area contributed by atoms with E-state index >= 15 is 0 Å². The number of rotatable bonds is 6. The molecule has 1 N–H and O–H groups in total. The van der Waals surface area contributed by atoms with Gasteiger partial charge in [0.25, 0.3) is 0 Å². The molecule has 0 aliphatic heterocycles. The Kier molecular flexibility index (Phi) is 4.56. The molecule has 0 radical (unpaired) electrons. The summed E-state index contributed by atoms with van der Waals surface area (Å²) in [6, 6.07) is 6.56. The quantitative estimate of drug-likeness (QED) is 0.636. The first-order valence-corrected chi connectivity index (χ1v) is 6.01. The van der Waals surface area contributed by atoms with Crippen LogP contribution in [-0.2, 0) is 13.2 Å². The zero-order valence-corrected chi connectivity index (χ0v) is 10.9. The van der Waals surface area contributed by atoms with Gasteiger partial charge in [-0.25, -0.2) is 9.97 Å². The van der Waals surface area contributed by atoms with Crippen molar-refractivity contribution in [2.24, 2.45) is 0 Å². The van der Waals surface area contributed by atoms with E-state index in [1.807, 2.05) is 0 Å². The van der Waals surface area contributed by atoms with E-state index in [-0.39, 0.29) is 18.0 Å². The van der Waals surface area contributed by atoms with E-state index in [4.69, 9.17) is 4.74 Å². The molecule has 7 nitrogen and oxygen atoms in total. The average molecular weight is 274 g/mol. The molecule has 0 saturated carbocycles. The van der Waals surface area contributed by atoms with E-state index in [0.29, 0.717) is 12.4 Å². The van der Waals surface area contributed by atoms with Crippen molar-refractivity contribution < 1.29 is 9.66 Å². The van der Waals surface area contributed by atoms with Gasteiger partial charge in [-0.1, -0.05) is 6.07 Å². The van der Waals surface area contributed by atoms with Crippen LogP contribution in [0.4, 0.5) is 5.69 Å². The van der Waals surface area contributed by atoms with Gasteiger partial charge in [-0.05, 0) is 24.7 Å². The molecule has 1 aromatic carbocycles. The van der Waals surface area contributed by atoms with Crippen LogP contribution in [0.25, 0.3) is 0 Å². The molecule has 2 aromatic rings. The molecule has 0 amide bonds. The average Bonchev–Trinajstić information content (AvgIpc) is 2.47. The van der Waals surface area contributed by atoms with Crippen LogP contribution in [-0.4, -0.2) is 21.9 Å². The maximum atomic E-state index is 11.1. The van der Waals surface area contributed by atoms with Crippen molar-refractivity contribution in [3.63, 3.8) is 0 Å². The lowest BCUT2D eigenvalue weighted by Crippen LogP contribution is -2.06. The molecule has 0 unspecified atom stereocenters. The van der Waals surface area contributed by atoms with Gasteiger partial charge >= 0.3 is 5.69 Å². The van der Waals surface area contributed by atoms with E-state index < -0.39 is 4.92 Å². The Morgan fingerprint density at radius 3 is 2.75 bits per heavy atom. The van der Waals surface area contributed by atoms with E-state index in [0.717, 1.165) is 5.56 Å². The second-order valence-electron chi connectivity index (χ2n) is 4.04. The second kappa shape index (κ2) is 6.58. The maximum Gasteiger partial charge on any atom is 0.311 e. The number of aromatic nitrogens is 2. The lowest BCUT2D eigenvalue weighted by Gasteiger charge is -2.07. The molecule has 0 atom stereocenters. The van der Waals surface area contributed by atoms with Crippen molar-refractivity contribution in [1.82, 2.24) is 15.3 Å². The number of hydrogen-bond donors (Lipinski definition) is 1. The van der Waals surface area contributed by atoms with Crippen molar-refractivity contribution in [2.75, 3.05) is 7.05 Å². The molecule has 7 heteroatoms. The highest BCUT2D eigenvalue weighted by Gasteiger charge is 2.16. The molecule has 20 heavy (non-hydrogen) atoms. The molecular formula is C13H14N4O3. The summed E-state index contributed by atoms with van der Waals surface area (Å²) < 4.78 is 5.43. The normalized spacial score (nSPS) is 10.2. The Bertz CT molecular complexity index is 589. The summed E-state index contributed by atoms with van der Waals surface area (Å²) in [5, 5.41) is 14.0. The molecule has 0 bridgehead atoms. The Hall–Kier alpha value is -2.54. The highest BCUT2D eigenvalue weighted by atomic mass is 16.6. The number of nitro groups is 1. The number of ether oxygens (including phenoxy) is 1. The molecule has 104 valence electrons. The SMILES string of the molecule is CNCc1ccc(OCc2ncccn2)c([N+](=O)[O-])c1. The molecule has 2 rings (SSSR count). The highest BCUT2D eigenvalue weighted by molar-refractivity contribution is 5.48. The van der Waals surface area contributed by atoms with Crippen LogP contribution in [0.15, 0.2) is 36.7 Å². The largest absolute Gasteiger partial charge is 0.479 e. The molecular weight excluding hydrogens is 260 g/mol. The van der Waals surface area contributed by atoms with E-state index in [1.54, 1.807) is 37.6 Å². The van der Waals surface area contributed by atoms with Crippen LogP contribution in [0, 0.1) is 10.1 Å². The van der Waals surface area contributed by atoms with Crippen molar-refractivity contribution >= 4 is 5.69 Å². The van der Waals surface area contributed by atoms with Gasteiger partial charge in [-0.2, -0.15) is 0 Å². The van der Waals surface area contributed by atoms with Crippen LogP contribution in [0.5, 0.6) is 5.75 Å². The molecule has 0 aliphatic rings. The predicted octanol–water partition coefficient (Wildman–Crippen LogP) is 1.68. The predicted molar refractivity (Wildman–Crippen MR) is 72.2 cm³/mol. The number of nitro benzene ring substituents is 1. The first-order valence-electron chi connectivity index (χ1n) is 6.01. The monoisotopic (exact) mass is 274 g/mol. The lowest BCUT2D eigenvalue weighted by molar-refractivity contribution is -0.386. The summed E-state index contributed by atoms with van der Waals surface area (Å²) in [5.41, 5.74) is 0.760. The molecule has 0 saturated heterocycles. The van der Waals surface area contributed by atoms with E-state index in [9.17, 15) is 10.1 Å². The van der Waals surface area contributed by atoms with Crippen LogP contribution >= 0.6 is 0 Å². The van der Waals surface area contributed by atoms with Gasteiger partial charge in [0, 0.05) is 25.0 Å². The Morgan fingerprint density at radius 2 is 2.10 bits per heavy atom. The Morgan fingerprint density at radius 1 is 1.35 bits per heavy atom. The van der Waals surface area contributed by atoms with Crippen molar-refractivity contribution in [3.05, 3.63) is 58.2 Å². The smallest absolute Gasteiger partial charge is 0.311 e. The van der Waals surface area contributed by atoms with Crippen LogP contribution in [0.1, 0.15) is 11.4 Å².